The van der Waals surface area contributed by atoms with E-state index < -0.39 is 0 Å². The Labute approximate surface area is 174 Å². The summed E-state index contributed by atoms with van der Waals surface area (Å²) in [6.07, 6.45) is 4.76. The number of fused-ring (bicyclic) bond motifs is 1. The van der Waals surface area contributed by atoms with E-state index in [1.165, 1.54) is 46.2 Å². The van der Waals surface area contributed by atoms with Crippen molar-refractivity contribution < 1.29 is 0 Å². The van der Waals surface area contributed by atoms with Gasteiger partial charge in [0.15, 0.2) is 0 Å². The molecule has 3 aromatic rings. The first-order chi connectivity index (χ1) is 13.7. The molecule has 1 heterocycles. The number of hydrogen-bond acceptors (Lipinski definition) is 2. The van der Waals surface area contributed by atoms with Crippen LogP contribution in [-0.4, -0.2) is 15.2 Å². The maximum absolute atomic E-state index is 4.47. The van der Waals surface area contributed by atoms with Crippen LogP contribution in [0.15, 0.2) is 49.3 Å². The summed E-state index contributed by atoms with van der Waals surface area (Å²) < 4.78 is 0. The van der Waals surface area contributed by atoms with Crippen molar-refractivity contribution in [1.29, 1.82) is 0 Å². The monoisotopic (exact) mass is 385 g/mol. The SMILES string of the molecule is C=C(c1ccc(Cc2ncn[nH]2)cc1)c1cc2c(cc1C)C(C)(C)CCC2(C)C. The smallest absolute Gasteiger partial charge is 0.137 e. The fourth-order valence-corrected chi connectivity index (χ4v) is 4.54. The highest BCUT2D eigenvalue weighted by Crippen LogP contribution is 2.47. The van der Waals surface area contributed by atoms with E-state index in [-0.39, 0.29) is 10.8 Å². The summed E-state index contributed by atoms with van der Waals surface area (Å²) in [4.78, 5) is 4.21. The number of nitrogens with one attached hydrogen (secondary N) is 1. The number of rotatable bonds is 4. The van der Waals surface area contributed by atoms with Crippen molar-refractivity contribution in [2.24, 2.45) is 0 Å². The van der Waals surface area contributed by atoms with Crippen LogP contribution in [0.3, 0.4) is 0 Å². The van der Waals surface area contributed by atoms with Crippen molar-refractivity contribution in [2.45, 2.75) is 64.7 Å². The molecule has 4 rings (SSSR count). The Morgan fingerprint density at radius 1 is 1.00 bits per heavy atom. The highest BCUT2D eigenvalue weighted by molar-refractivity contribution is 5.80. The molecule has 29 heavy (non-hydrogen) atoms. The van der Waals surface area contributed by atoms with Crippen molar-refractivity contribution in [3.8, 4) is 0 Å². The molecule has 1 aliphatic rings. The lowest BCUT2D eigenvalue weighted by Gasteiger charge is -2.42. The summed E-state index contributed by atoms with van der Waals surface area (Å²) >= 11 is 0. The van der Waals surface area contributed by atoms with Crippen LogP contribution in [-0.2, 0) is 17.3 Å². The fourth-order valence-electron chi connectivity index (χ4n) is 4.54. The summed E-state index contributed by atoms with van der Waals surface area (Å²) in [6.45, 7) is 16.2. The number of aromatic amines is 1. The molecule has 150 valence electrons. The van der Waals surface area contributed by atoms with Gasteiger partial charge in [0, 0.05) is 6.42 Å². The first kappa shape index (κ1) is 19.6. The second kappa shape index (κ2) is 6.98. The second-order valence-electron chi connectivity index (χ2n) is 9.76. The van der Waals surface area contributed by atoms with Gasteiger partial charge in [0.25, 0.3) is 0 Å². The molecule has 1 aliphatic carbocycles. The van der Waals surface area contributed by atoms with Gasteiger partial charge >= 0.3 is 0 Å². The summed E-state index contributed by atoms with van der Waals surface area (Å²) in [7, 11) is 0. The largest absolute Gasteiger partial charge is 0.263 e. The predicted octanol–water partition coefficient (Wildman–Crippen LogP) is 6.11. The van der Waals surface area contributed by atoms with Gasteiger partial charge in [-0.2, -0.15) is 5.10 Å². The summed E-state index contributed by atoms with van der Waals surface area (Å²) in [6, 6.07) is 13.5. The lowest BCUT2D eigenvalue weighted by Crippen LogP contribution is -2.34. The molecule has 0 spiro atoms. The lowest BCUT2D eigenvalue weighted by molar-refractivity contribution is 0.331. The first-order valence-corrected chi connectivity index (χ1v) is 10.5. The van der Waals surface area contributed by atoms with Crippen LogP contribution in [0.2, 0.25) is 0 Å². The zero-order chi connectivity index (χ0) is 20.8. The van der Waals surface area contributed by atoms with Crippen LogP contribution in [0, 0.1) is 6.92 Å². The standard InChI is InChI=1S/C26H31N3/c1-17-13-22-23(26(5,6)12-11-25(22,3)4)15-21(17)18(2)20-9-7-19(8-10-20)14-24-27-16-28-29-24/h7-10,13,15-16H,2,11-12,14H2,1,3-6H3,(H,27,28,29). The molecule has 0 radical (unpaired) electrons. The molecule has 3 heteroatoms. The Morgan fingerprint density at radius 3 is 2.21 bits per heavy atom. The average molecular weight is 386 g/mol. The van der Waals surface area contributed by atoms with Gasteiger partial charge in [0.1, 0.15) is 12.2 Å². The van der Waals surface area contributed by atoms with E-state index in [2.05, 4.69) is 92.8 Å². The molecule has 0 amide bonds. The quantitative estimate of drug-likeness (QED) is 0.588. The average Bonchev–Trinajstić information content (AvgIpc) is 3.18. The molecule has 0 saturated carbocycles. The van der Waals surface area contributed by atoms with Crippen molar-refractivity contribution >= 4 is 5.57 Å². The molecule has 1 aromatic heterocycles. The Kier molecular flexibility index (Phi) is 4.72. The molecule has 0 bridgehead atoms. The van der Waals surface area contributed by atoms with Crippen molar-refractivity contribution in [3.05, 3.63) is 88.5 Å². The van der Waals surface area contributed by atoms with Crippen LogP contribution < -0.4 is 0 Å². The summed E-state index contributed by atoms with van der Waals surface area (Å²) in [5.41, 5.74) is 9.47. The highest BCUT2D eigenvalue weighted by Gasteiger charge is 2.37. The van der Waals surface area contributed by atoms with Gasteiger partial charge in [-0.1, -0.05) is 70.7 Å². The van der Waals surface area contributed by atoms with Crippen LogP contribution in [0.1, 0.15) is 79.7 Å². The molecular weight excluding hydrogens is 354 g/mol. The zero-order valence-corrected chi connectivity index (χ0v) is 18.3. The fraction of sp³-hybridized carbons (Fsp3) is 0.385. The van der Waals surface area contributed by atoms with E-state index in [0.29, 0.717) is 0 Å². The minimum atomic E-state index is 0.203. The van der Waals surface area contributed by atoms with E-state index >= 15 is 0 Å². The predicted molar refractivity (Wildman–Crippen MR) is 120 cm³/mol. The van der Waals surface area contributed by atoms with Gasteiger partial charge in [-0.3, -0.25) is 5.10 Å². The molecular formula is C26H31N3. The third-order valence-corrected chi connectivity index (χ3v) is 6.66. The van der Waals surface area contributed by atoms with E-state index in [1.807, 2.05) is 0 Å². The third-order valence-electron chi connectivity index (χ3n) is 6.66. The van der Waals surface area contributed by atoms with Crippen LogP contribution in [0.4, 0.5) is 0 Å². The van der Waals surface area contributed by atoms with Gasteiger partial charge in [0.05, 0.1) is 0 Å². The van der Waals surface area contributed by atoms with Gasteiger partial charge in [-0.15, -0.1) is 0 Å². The third kappa shape index (κ3) is 3.66. The van der Waals surface area contributed by atoms with Gasteiger partial charge in [-0.25, -0.2) is 4.98 Å². The molecule has 2 aromatic carbocycles. The van der Waals surface area contributed by atoms with Gasteiger partial charge < -0.3 is 0 Å². The van der Waals surface area contributed by atoms with Crippen molar-refractivity contribution in [3.63, 3.8) is 0 Å². The minimum absolute atomic E-state index is 0.203. The molecule has 1 N–H and O–H groups in total. The summed E-state index contributed by atoms with van der Waals surface area (Å²) in [5.74, 6) is 0.881. The Bertz CT molecular complexity index is 1040. The second-order valence-corrected chi connectivity index (χ2v) is 9.76. The van der Waals surface area contributed by atoms with Crippen LogP contribution in [0.25, 0.3) is 5.57 Å². The number of benzene rings is 2. The minimum Gasteiger partial charge on any atom is -0.263 e. The number of nitrogens with zero attached hydrogens (tertiary/aromatic N) is 2. The molecule has 0 atom stereocenters. The Balaban J connectivity index is 1.67. The van der Waals surface area contributed by atoms with E-state index in [9.17, 15) is 0 Å². The highest BCUT2D eigenvalue weighted by atomic mass is 15.2. The van der Waals surface area contributed by atoms with Crippen molar-refractivity contribution in [2.75, 3.05) is 0 Å². The summed E-state index contributed by atoms with van der Waals surface area (Å²) in [5, 5.41) is 6.84. The van der Waals surface area contributed by atoms with E-state index in [4.69, 9.17) is 0 Å². The van der Waals surface area contributed by atoms with Crippen LogP contribution in [0.5, 0.6) is 0 Å². The molecule has 0 saturated heterocycles. The molecule has 0 fully saturated rings. The van der Waals surface area contributed by atoms with Gasteiger partial charge in [0.2, 0.25) is 0 Å². The van der Waals surface area contributed by atoms with Crippen molar-refractivity contribution in [1.82, 2.24) is 15.2 Å². The molecule has 3 nitrogen and oxygen atoms in total. The first-order valence-electron chi connectivity index (χ1n) is 10.5. The number of H-pyrrole nitrogens is 1. The number of aryl methyl sites for hydroxylation is 1. The zero-order valence-electron chi connectivity index (χ0n) is 18.3. The number of hydrogen-bond donors (Lipinski definition) is 1. The van der Waals surface area contributed by atoms with Crippen LogP contribution >= 0.6 is 0 Å². The molecule has 0 aliphatic heterocycles. The van der Waals surface area contributed by atoms with E-state index in [1.54, 1.807) is 6.33 Å². The molecule has 0 unspecified atom stereocenters. The Morgan fingerprint density at radius 2 is 1.62 bits per heavy atom. The van der Waals surface area contributed by atoms with E-state index in [0.717, 1.165) is 17.8 Å². The maximum Gasteiger partial charge on any atom is 0.137 e. The Hall–Kier alpha value is -2.68. The topological polar surface area (TPSA) is 41.6 Å². The normalized spacial score (nSPS) is 17.0. The van der Waals surface area contributed by atoms with Gasteiger partial charge in [-0.05, 0) is 69.5 Å². The maximum atomic E-state index is 4.47. The lowest BCUT2D eigenvalue weighted by atomic mass is 9.62. The number of aromatic nitrogens is 3.